The molecule has 0 fully saturated rings. The van der Waals surface area contributed by atoms with Gasteiger partial charge in [-0.3, -0.25) is 4.68 Å². The van der Waals surface area contributed by atoms with Gasteiger partial charge in [-0.15, -0.1) is 0 Å². The van der Waals surface area contributed by atoms with Crippen LogP contribution in [0.1, 0.15) is 35.7 Å². The summed E-state index contributed by atoms with van der Waals surface area (Å²) >= 11 is 0. The Kier molecular flexibility index (Phi) is 3.74. The molecule has 1 aliphatic carbocycles. The normalized spacial score (nSPS) is 17.8. The first-order valence-electron chi connectivity index (χ1n) is 7.18. The van der Waals surface area contributed by atoms with Crippen molar-refractivity contribution in [3.8, 4) is 5.75 Å². The lowest BCUT2D eigenvalue weighted by atomic mass is 9.87. The summed E-state index contributed by atoms with van der Waals surface area (Å²) in [5, 5.41) is 7.74. The Morgan fingerprint density at radius 2 is 2.30 bits per heavy atom. The number of aromatic nitrogens is 2. The third kappa shape index (κ3) is 2.56. The highest BCUT2D eigenvalue weighted by Gasteiger charge is 2.21. The highest BCUT2D eigenvalue weighted by molar-refractivity contribution is 5.43. The summed E-state index contributed by atoms with van der Waals surface area (Å²) in [4.78, 5) is 0. The fourth-order valence-electron chi connectivity index (χ4n) is 2.94. The van der Waals surface area contributed by atoms with Crippen LogP contribution in [-0.4, -0.2) is 16.8 Å². The molecule has 1 heterocycles. The summed E-state index contributed by atoms with van der Waals surface area (Å²) in [5.74, 6) is 1.01. The molecule has 2 aromatic rings. The third-order valence-corrected chi connectivity index (χ3v) is 3.96. The summed E-state index contributed by atoms with van der Waals surface area (Å²) < 4.78 is 7.79. The van der Waals surface area contributed by atoms with Crippen LogP contribution < -0.4 is 10.1 Å². The van der Waals surface area contributed by atoms with Gasteiger partial charge in [0.1, 0.15) is 12.4 Å². The van der Waals surface area contributed by atoms with Gasteiger partial charge in [0.15, 0.2) is 0 Å². The summed E-state index contributed by atoms with van der Waals surface area (Å²) in [7, 11) is 3.95. The van der Waals surface area contributed by atoms with Crippen LogP contribution in [0.25, 0.3) is 0 Å². The number of hydrogen-bond donors (Lipinski definition) is 1. The van der Waals surface area contributed by atoms with Gasteiger partial charge in [-0.2, -0.15) is 5.10 Å². The van der Waals surface area contributed by atoms with E-state index in [1.165, 1.54) is 24.0 Å². The van der Waals surface area contributed by atoms with Crippen molar-refractivity contribution >= 4 is 0 Å². The van der Waals surface area contributed by atoms with Gasteiger partial charge in [0, 0.05) is 19.3 Å². The Morgan fingerprint density at radius 1 is 1.40 bits per heavy atom. The van der Waals surface area contributed by atoms with Gasteiger partial charge in [-0.1, -0.05) is 12.1 Å². The SMILES string of the molecule is CNC1CCCc2c(OCc3ccn(C)n3)cccc21. The van der Waals surface area contributed by atoms with Gasteiger partial charge < -0.3 is 10.1 Å². The Balaban J connectivity index is 1.80. The summed E-state index contributed by atoms with van der Waals surface area (Å²) in [5.41, 5.74) is 3.71. The zero-order chi connectivity index (χ0) is 13.9. The van der Waals surface area contributed by atoms with Crippen molar-refractivity contribution in [3.05, 3.63) is 47.3 Å². The van der Waals surface area contributed by atoms with Crippen molar-refractivity contribution in [3.63, 3.8) is 0 Å². The van der Waals surface area contributed by atoms with Gasteiger partial charge in [-0.25, -0.2) is 0 Å². The Morgan fingerprint density at radius 3 is 3.05 bits per heavy atom. The maximum Gasteiger partial charge on any atom is 0.132 e. The lowest BCUT2D eigenvalue weighted by Gasteiger charge is -2.26. The lowest BCUT2D eigenvalue weighted by molar-refractivity contribution is 0.294. The molecular weight excluding hydrogens is 250 g/mol. The molecule has 4 heteroatoms. The van der Waals surface area contributed by atoms with E-state index in [0.29, 0.717) is 12.6 Å². The lowest BCUT2D eigenvalue weighted by Crippen LogP contribution is -2.22. The van der Waals surface area contributed by atoms with Crippen molar-refractivity contribution in [2.75, 3.05) is 7.05 Å². The summed E-state index contributed by atoms with van der Waals surface area (Å²) in [6.07, 6.45) is 5.46. The fourth-order valence-corrected chi connectivity index (χ4v) is 2.94. The number of fused-ring (bicyclic) bond motifs is 1. The highest BCUT2D eigenvalue weighted by Crippen LogP contribution is 2.35. The maximum atomic E-state index is 5.99. The first-order valence-corrected chi connectivity index (χ1v) is 7.18. The minimum absolute atomic E-state index is 0.456. The molecule has 1 aromatic carbocycles. The summed E-state index contributed by atoms with van der Waals surface area (Å²) in [6, 6.07) is 8.81. The minimum atomic E-state index is 0.456. The number of aryl methyl sites for hydroxylation is 1. The second kappa shape index (κ2) is 5.67. The first-order chi connectivity index (χ1) is 9.78. The molecule has 0 spiro atoms. The maximum absolute atomic E-state index is 5.99. The van der Waals surface area contributed by atoms with E-state index in [1.54, 1.807) is 4.68 Å². The van der Waals surface area contributed by atoms with Crippen LogP contribution in [0.5, 0.6) is 5.75 Å². The van der Waals surface area contributed by atoms with E-state index >= 15 is 0 Å². The molecular formula is C16H21N3O. The molecule has 0 amide bonds. The molecule has 0 radical (unpaired) electrons. The van der Waals surface area contributed by atoms with E-state index in [2.05, 4.69) is 28.6 Å². The van der Waals surface area contributed by atoms with Gasteiger partial charge in [0.2, 0.25) is 0 Å². The average Bonchev–Trinajstić information content (AvgIpc) is 2.90. The van der Waals surface area contributed by atoms with E-state index in [1.807, 2.05) is 26.4 Å². The molecule has 3 rings (SSSR count). The van der Waals surface area contributed by atoms with Crippen molar-refractivity contribution in [2.45, 2.75) is 31.9 Å². The van der Waals surface area contributed by atoms with E-state index in [4.69, 9.17) is 4.74 Å². The number of rotatable bonds is 4. The van der Waals surface area contributed by atoms with Crippen molar-refractivity contribution in [2.24, 2.45) is 7.05 Å². The minimum Gasteiger partial charge on any atom is -0.487 e. The smallest absolute Gasteiger partial charge is 0.132 e. The molecule has 1 aromatic heterocycles. The van der Waals surface area contributed by atoms with Crippen LogP contribution in [0.3, 0.4) is 0 Å². The molecule has 0 bridgehead atoms. The zero-order valence-corrected chi connectivity index (χ0v) is 12.1. The number of hydrogen-bond acceptors (Lipinski definition) is 3. The molecule has 20 heavy (non-hydrogen) atoms. The fraction of sp³-hybridized carbons (Fsp3) is 0.438. The van der Waals surface area contributed by atoms with Crippen molar-refractivity contribution in [1.82, 2.24) is 15.1 Å². The largest absolute Gasteiger partial charge is 0.487 e. The van der Waals surface area contributed by atoms with E-state index in [9.17, 15) is 0 Å². The molecule has 0 saturated heterocycles. The molecule has 106 valence electrons. The van der Waals surface area contributed by atoms with Crippen LogP contribution in [0.4, 0.5) is 0 Å². The molecule has 0 saturated carbocycles. The van der Waals surface area contributed by atoms with Gasteiger partial charge in [-0.05, 0) is 49.6 Å². The standard InChI is InChI=1S/C16H21N3O/c1-17-15-7-3-6-14-13(15)5-4-8-16(14)20-11-12-9-10-19(2)18-12/h4-5,8-10,15,17H,3,6-7,11H2,1-2H3. The average molecular weight is 271 g/mol. The Bertz CT molecular complexity index is 591. The van der Waals surface area contributed by atoms with Gasteiger partial charge >= 0.3 is 0 Å². The number of ether oxygens (including phenoxy) is 1. The molecule has 4 nitrogen and oxygen atoms in total. The monoisotopic (exact) mass is 271 g/mol. The van der Waals surface area contributed by atoms with Crippen molar-refractivity contribution in [1.29, 1.82) is 0 Å². The van der Waals surface area contributed by atoms with Gasteiger partial charge in [0.05, 0.1) is 5.69 Å². The van der Waals surface area contributed by atoms with Crippen LogP contribution in [0.15, 0.2) is 30.5 Å². The highest BCUT2D eigenvalue weighted by atomic mass is 16.5. The third-order valence-electron chi connectivity index (χ3n) is 3.96. The Labute approximate surface area is 119 Å². The second-order valence-electron chi connectivity index (χ2n) is 5.33. The van der Waals surface area contributed by atoms with Gasteiger partial charge in [0.25, 0.3) is 0 Å². The topological polar surface area (TPSA) is 39.1 Å². The predicted octanol–water partition coefficient (Wildman–Crippen LogP) is 2.60. The second-order valence-corrected chi connectivity index (χ2v) is 5.33. The van der Waals surface area contributed by atoms with E-state index in [0.717, 1.165) is 17.9 Å². The predicted molar refractivity (Wildman–Crippen MR) is 78.7 cm³/mol. The Hall–Kier alpha value is -1.81. The van der Waals surface area contributed by atoms with Crippen molar-refractivity contribution < 1.29 is 4.74 Å². The molecule has 1 aliphatic rings. The van der Waals surface area contributed by atoms with Crippen LogP contribution >= 0.6 is 0 Å². The number of nitrogens with one attached hydrogen (secondary N) is 1. The molecule has 1 N–H and O–H groups in total. The zero-order valence-electron chi connectivity index (χ0n) is 12.1. The summed E-state index contributed by atoms with van der Waals surface area (Å²) in [6.45, 7) is 0.529. The molecule has 0 aliphatic heterocycles. The first kappa shape index (κ1) is 13.2. The number of benzene rings is 1. The van der Waals surface area contributed by atoms with Crippen LogP contribution in [-0.2, 0) is 20.1 Å². The number of nitrogens with zero attached hydrogens (tertiary/aromatic N) is 2. The van der Waals surface area contributed by atoms with E-state index < -0.39 is 0 Å². The molecule has 1 unspecified atom stereocenters. The molecule has 1 atom stereocenters. The quantitative estimate of drug-likeness (QED) is 0.929. The van der Waals surface area contributed by atoms with Crippen LogP contribution in [0, 0.1) is 0 Å². The van der Waals surface area contributed by atoms with E-state index in [-0.39, 0.29) is 0 Å². The van der Waals surface area contributed by atoms with Crippen LogP contribution in [0.2, 0.25) is 0 Å².